The van der Waals surface area contributed by atoms with Crippen LogP contribution < -0.4 is 5.73 Å². The molecule has 0 saturated carbocycles. The van der Waals surface area contributed by atoms with Gasteiger partial charge in [-0.15, -0.1) is 0 Å². The van der Waals surface area contributed by atoms with E-state index in [4.69, 9.17) is 17.3 Å². The van der Waals surface area contributed by atoms with Gasteiger partial charge in [0.15, 0.2) is 0 Å². The van der Waals surface area contributed by atoms with Gasteiger partial charge in [0.05, 0.1) is 5.02 Å². The van der Waals surface area contributed by atoms with Gasteiger partial charge >= 0.3 is 0 Å². The zero-order valence-electron chi connectivity index (χ0n) is 9.71. The van der Waals surface area contributed by atoms with Crippen LogP contribution in [0.5, 0.6) is 0 Å². The molecular formula is C12H18ClFN2. The van der Waals surface area contributed by atoms with Crippen LogP contribution in [0, 0.1) is 5.82 Å². The topological polar surface area (TPSA) is 29.3 Å². The average molecular weight is 245 g/mol. The van der Waals surface area contributed by atoms with Gasteiger partial charge in [-0.1, -0.05) is 24.6 Å². The van der Waals surface area contributed by atoms with Gasteiger partial charge < -0.3 is 5.73 Å². The number of hydrogen-bond donors (Lipinski definition) is 1. The molecule has 1 unspecified atom stereocenters. The molecule has 0 aromatic heterocycles. The Bertz CT molecular complexity index is 344. The summed E-state index contributed by atoms with van der Waals surface area (Å²) in [6.45, 7) is 3.57. The van der Waals surface area contributed by atoms with Crippen molar-refractivity contribution in [2.75, 3.05) is 20.1 Å². The van der Waals surface area contributed by atoms with E-state index < -0.39 is 0 Å². The minimum absolute atomic E-state index is 0.0954. The molecule has 0 spiro atoms. The Morgan fingerprint density at radius 3 is 2.69 bits per heavy atom. The molecule has 0 heterocycles. The second-order valence-electron chi connectivity index (χ2n) is 3.91. The highest BCUT2D eigenvalue weighted by atomic mass is 35.5. The summed E-state index contributed by atoms with van der Waals surface area (Å²) >= 11 is 5.76. The molecule has 16 heavy (non-hydrogen) atoms. The van der Waals surface area contributed by atoms with E-state index in [2.05, 4.69) is 11.8 Å². The molecular weight excluding hydrogens is 227 g/mol. The Morgan fingerprint density at radius 1 is 1.50 bits per heavy atom. The third-order valence-corrected chi connectivity index (χ3v) is 2.95. The van der Waals surface area contributed by atoms with E-state index in [1.54, 1.807) is 12.1 Å². The quantitative estimate of drug-likeness (QED) is 0.863. The third kappa shape index (κ3) is 3.17. The molecule has 4 heteroatoms. The molecule has 2 nitrogen and oxygen atoms in total. The van der Waals surface area contributed by atoms with Gasteiger partial charge in [0.25, 0.3) is 0 Å². The van der Waals surface area contributed by atoms with E-state index in [0.29, 0.717) is 6.54 Å². The van der Waals surface area contributed by atoms with E-state index in [1.807, 2.05) is 7.05 Å². The van der Waals surface area contributed by atoms with Gasteiger partial charge in [-0.2, -0.15) is 0 Å². The molecule has 1 atom stereocenters. The van der Waals surface area contributed by atoms with E-state index >= 15 is 0 Å². The number of rotatable bonds is 5. The molecule has 0 radical (unpaired) electrons. The lowest BCUT2D eigenvalue weighted by molar-refractivity contribution is 0.250. The fourth-order valence-electron chi connectivity index (χ4n) is 1.80. The standard InChI is InChI=1S/C12H18ClFN2/c1-3-6-16(2)12(8-15)9-4-5-11(14)10(13)7-9/h4-5,7,12H,3,6,8,15H2,1-2H3. The average Bonchev–Trinajstić information content (AvgIpc) is 2.25. The van der Waals surface area contributed by atoms with Crippen molar-refractivity contribution < 1.29 is 4.39 Å². The van der Waals surface area contributed by atoms with Crippen molar-refractivity contribution in [1.29, 1.82) is 0 Å². The van der Waals surface area contributed by atoms with Crippen LogP contribution in [0.25, 0.3) is 0 Å². The number of likely N-dealkylation sites (N-methyl/N-ethyl adjacent to an activating group) is 1. The summed E-state index contributed by atoms with van der Waals surface area (Å²) < 4.78 is 13.0. The molecule has 0 saturated heterocycles. The van der Waals surface area contributed by atoms with Crippen molar-refractivity contribution in [3.8, 4) is 0 Å². The van der Waals surface area contributed by atoms with Gasteiger partial charge in [-0.3, -0.25) is 4.90 Å². The first-order valence-corrected chi connectivity index (χ1v) is 5.83. The van der Waals surface area contributed by atoms with Crippen LogP contribution in [0.3, 0.4) is 0 Å². The van der Waals surface area contributed by atoms with Crippen molar-refractivity contribution >= 4 is 11.6 Å². The van der Waals surface area contributed by atoms with Gasteiger partial charge in [0.2, 0.25) is 0 Å². The molecule has 0 aliphatic rings. The molecule has 1 aromatic rings. The van der Waals surface area contributed by atoms with Crippen LogP contribution in [0.2, 0.25) is 5.02 Å². The summed E-state index contributed by atoms with van der Waals surface area (Å²) in [6.07, 6.45) is 1.06. The zero-order chi connectivity index (χ0) is 12.1. The largest absolute Gasteiger partial charge is 0.329 e. The lowest BCUT2D eigenvalue weighted by Gasteiger charge is -2.27. The molecule has 0 aliphatic heterocycles. The second kappa shape index (κ2) is 6.18. The maximum absolute atomic E-state index is 13.0. The summed E-state index contributed by atoms with van der Waals surface area (Å²) in [6, 6.07) is 4.88. The molecule has 0 aliphatic carbocycles. The first-order chi connectivity index (χ1) is 7.60. The summed E-state index contributed by atoms with van der Waals surface area (Å²) in [5.74, 6) is -0.390. The second-order valence-corrected chi connectivity index (χ2v) is 4.31. The molecule has 1 rings (SSSR count). The molecule has 0 amide bonds. The predicted molar refractivity (Wildman–Crippen MR) is 66.1 cm³/mol. The van der Waals surface area contributed by atoms with Gasteiger partial charge in [0.1, 0.15) is 5.82 Å². The predicted octanol–water partition coefficient (Wildman–Crippen LogP) is 2.82. The highest BCUT2D eigenvalue weighted by Crippen LogP contribution is 2.23. The van der Waals surface area contributed by atoms with Crippen molar-refractivity contribution in [3.05, 3.63) is 34.6 Å². The summed E-state index contributed by atoms with van der Waals surface area (Å²) in [5, 5.41) is 0.154. The summed E-state index contributed by atoms with van der Waals surface area (Å²) in [5.41, 5.74) is 6.71. The smallest absolute Gasteiger partial charge is 0.141 e. The Kier molecular flexibility index (Phi) is 5.19. The van der Waals surface area contributed by atoms with E-state index in [-0.39, 0.29) is 16.9 Å². The minimum atomic E-state index is -0.390. The maximum atomic E-state index is 13.0. The van der Waals surface area contributed by atoms with Gasteiger partial charge in [0, 0.05) is 12.6 Å². The maximum Gasteiger partial charge on any atom is 0.141 e. The monoisotopic (exact) mass is 244 g/mol. The van der Waals surface area contributed by atoms with Crippen LogP contribution >= 0.6 is 11.6 Å². The Hall–Kier alpha value is -0.640. The van der Waals surface area contributed by atoms with Crippen LogP contribution in [0.15, 0.2) is 18.2 Å². The fourth-order valence-corrected chi connectivity index (χ4v) is 1.99. The summed E-state index contributed by atoms with van der Waals surface area (Å²) in [4.78, 5) is 2.16. The number of benzene rings is 1. The Labute approximate surface area is 101 Å². The third-order valence-electron chi connectivity index (χ3n) is 2.66. The zero-order valence-corrected chi connectivity index (χ0v) is 10.5. The van der Waals surface area contributed by atoms with Crippen LogP contribution in [-0.4, -0.2) is 25.0 Å². The van der Waals surface area contributed by atoms with Gasteiger partial charge in [-0.25, -0.2) is 4.39 Å². The molecule has 90 valence electrons. The number of hydrogen-bond acceptors (Lipinski definition) is 2. The van der Waals surface area contributed by atoms with Crippen molar-refractivity contribution in [2.24, 2.45) is 5.73 Å². The first kappa shape index (κ1) is 13.4. The molecule has 0 bridgehead atoms. The highest BCUT2D eigenvalue weighted by Gasteiger charge is 2.15. The lowest BCUT2D eigenvalue weighted by atomic mass is 10.1. The number of nitrogens with zero attached hydrogens (tertiary/aromatic N) is 1. The van der Waals surface area contributed by atoms with Gasteiger partial charge in [-0.05, 0) is 37.7 Å². The van der Waals surface area contributed by atoms with E-state index in [1.165, 1.54) is 6.07 Å². The molecule has 0 fully saturated rings. The van der Waals surface area contributed by atoms with Crippen LogP contribution in [0.1, 0.15) is 24.9 Å². The van der Waals surface area contributed by atoms with Crippen molar-refractivity contribution in [3.63, 3.8) is 0 Å². The lowest BCUT2D eigenvalue weighted by Crippen LogP contribution is -2.31. The highest BCUT2D eigenvalue weighted by molar-refractivity contribution is 6.30. The van der Waals surface area contributed by atoms with Crippen molar-refractivity contribution in [2.45, 2.75) is 19.4 Å². The number of nitrogens with two attached hydrogens (primary N) is 1. The Morgan fingerprint density at radius 2 is 2.19 bits per heavy atom. The SMILES string of the molecule is CCCN(C)C(CN)c1ccc(F)c(Cl)c1. The molecule has 2 N–H and O–H groups in total. The normalized spacial score (nSPS) is 13.1. The number of halogens is 2. The first-order valence-electron chi connectivity index (χ1n) is 5.45. The van der Waals surface area contributed by atoms with Crippen molar-refractivity contribution in [1.82, 2.24) is 4.90 Å². The molecule has 1 aromatic carbocycles. The minimum Gasteiger partial charge on any atom is -0.329 e. The summed E-state index contributed by atoms with van der Waals surface area (Å²) in [7, 11) is 2.01. The fraction of sp³-hybridized carbons (Fsp3) is 0.500. The van der Waals surface area contributed by atoms with E-state index in [9.17, 15) is 4.39 Å². The van der Waals surface area contributed by atoms with Crippen LogP contribution in [-0.2, 0) is 0 Å². The van der Waals surface area contributed by atoms with Crippen LogP contribution in [0.4, 0.5) is 4.39 Å². The van der Waals surface area contributed by atoms with E-state index in [0.717, 1.165) is 18.5 Å². The Balaban J connectivity index is 2.90.